The standard InChI is InChI=1S/C23H52N2O3SSi/c1-6-7-8-9-10-11-12-13-14-15-19-26-30(23-16-22-29,27-20-17-24(2)3)28-21-18-25(4)5/h29H,6-23H2,1-5H3. The van der Waals surface area contributed by atoms with E-state index in [0.717, 1.165) is 44.3 Å². The smallest absolute Gasteiger partial charge is 0.373 e. The van der Waals surface area contributed by atoms with Crippen molar-refractivity contribution >= 4 is 21.4 Å². The topological polar surface area (TPSA) is 34.2 Å². The van der Waals surface area contributed by atoms with Gasteiger partial charge in [0, 0.05) is 25.7 Å². The van der Waals surface area contributed by atoms with Gasteiger partial charge in [0.25, 0.3) is 0 Å². The Labute approximate surface area is 195 Å². The molecule has 0 saturated carbocycles. The Morgan fingerprint density at radius 1 is 0.600 bits per heavy atom. The number of hydrogen-bond donors (Lipinski definition) is 1. The minimum absolute atomic E-state index is 0.659. The maximum absolute atomic E-state index is 6.39. The van der Waals surface area contributed by atoms with Gasteiger partial charge in [-0.2, -0.15) is 12.6 Å². The van der Waals surface area contributed by atoms with E-state index in [0.29, 0.717) is 13.2 Å². The van der Waals surface area contributed by atoms with Crippen LogP contribution >= 0.6 is 12.6 Å². The van der Waals surface area contributed by atoms with E-state index in [-0.39, 0.29) is 0 Å². The summed E-state index contributed by atoms with van der Waals surface area (Å²) >= 11 is 4.40. The van der Waals surface area contributed by atoms with Crippen LogP contribution in [0.3, 0.4) is 0 Å². The summed E-state index contributed by atoms with van der Waals surface area (Å²) < 4.78 is 19.0. The molecule has 0 fully saturated rings. The fourth-order valence-corrected chi connectivity index (χ4v) is 6.23. The van der Waals surface area contributed by atoms with Crippen LogP contribution in [0, 0.1) is 0 Å². The average molecular weight is 465 g/mol. The lowest BCUT2D eigenvalue weighted by Gasteiger charge is -2.31. The zero-order valence-corrected chi connectivity index (χ0v) is 22.7. The molecule has 0 aromatic carbocycles. The predicted molar refractivity (Wildman–Crippen MR) is 136 cm³/mol. The number of nitrogens with zero attached hydrogens (tertiary/aromatic N) is 2. The van der Waals surface area contributed by atoms with Gasteiger partial charge < -0.3 is 23.1 Å². The third-order valence-corrected chi connectivity index (χ3v) is 8.40. The lowest BCUT2D eigenvalue weighted by Crippen LogP contribution is -2.48. The van der Waals surface area contributed by atoms with E-state index in [9.17, 15) is 0 Å². The highest BCUT2D eigenvalue weighted by molar-refractivity contribution is 7.80. The summed E-state index contributed by atoms with van der Waals surface area (Å²) in [6.07, 6.45) is 14.3. The Morgan fingerprint density at radius 2 is 1.03 bits per heavy atom. The van der Waals surface area contributed by atoms with Gasteiger partial charge >= 0.3 is 8.80 Å². The first kappa shape index (κ1) is 30.4. The van der Waals surface area contributed by atoms with Gasteiger partial charge in [-0.05, 0) is 46.8 Å². The van der Waals surface area contributed by atoms with Crippen LogP contribution in [0.2, 0.25) is 6.04 Å². The van der Waals surface area contributed by atoms with Gasteiger partial charge in [-0.15, -0.1) is 0 Å². The second-order valence-electron chi connectivity index (χ2n) is 8.84. The molecule has 30 heavy (non-hydrogen) atoms. The van der Waals surface area contributed by atoms with Crippen molar-refractivity contribution in [2.24, 2.45) is 0 Å². The highest BCUT2D eigenvalue weighted by Gasteiger charge is 2.40. The summed E-state index contributed by atoms with van der Waals surface area (Å²) in [6.45, 7) is 6.11. The maximum Gasteiger partial charge on any atom is 0.501 e. The molecule has 7 heteroatoms. The quantitative estimate of drug-likeness (QED) is 0.125. The molecule has 0 atom stereocenters. The summed E-state index contributed by atoms with van der Waals surface area (Å²) in [5, 5.41) is 0. The second kappa shape index (κ2) is 21.2. The molecule has 182 valence electrons. The molecule has 0 saturated heterocycles. The molecule has 0 spiro atoms. The van der Waals surface area contributed by atoms with Crippen LogP contribution in [0.15, 0.2) is 0 Å². The molecule has 0 rings (SSSR count). The maximum atomic E-state index is 6.39. The van der Waals surface area contributed by atoms with Crippen LogP contribution in [0.25, 0.3) is 0 Å². The summed E-state index contributed by atoms with van der Waals surface area (Å²) in [5.41, 5.74) is 0. The van der Waals surface area contributed by atoms with Crippen LogP contribution in [-0.2, 0) is 13.3 Å². The molecule has 0 amide bonds. The second-order valence-corrected chi connectivity index (χ2v) is 12.0. The van der Waals surface area contributed by atoms with Crippen molar-refractivity contribution in [3.05, 3.63) is 0 Å². The summed E-state index contributed by atoms with van der Waals surface area (Å²) in [7, 11) is 5.62. The SMILES string of the molecule is CCCCCCCCCCCCO[Si](CCCS)(OCCN(C)C)OCCN(C)C. The van der Waals surface area contributed by atoms with Gasteiger partial charge in [-0.25, -0.2) is 0 Å². The number of thiol groups is 1. The molecule has 0 heterocycles. The van der Waals surface area contributed by atoms with Crippen molar-refractivity contribution in [3.63, 3.8) is 0 Å². The number of hydrogen-bond acceptors (Lipinski definition) is 6. The molecule has 0 aliphatic rings. The van der Waals surface area contributed by atoms with E-state index in [2.05, 4.69) is 57.5 Å². The van der Waals surface area contributed by atoms with Crippen molar-refractivity contribution < 1.29 is 13.3 Å². The summed E-state index contributed by atoms with van der Waals surface area (Å²) in [5.74, 6) is 0.838. The van der Waals surface area contributed by atoms with Crippen molar-refractivity contribution in [3.8, 4) is 0 Å². The molecular weight excluding hydrogens is 412 g/mol. The minimum atomic E-state index is -2.65. The zero-order valence-electron chi connectivity index (χ0n) is 20.8. The number of rotatable bonds is 23. The van der Waals surface area contributed by atoms with Gasteiger partial charge in [0.15, 0.2) is 0 Å². The first-order chi connectivity index (χ1) is 14.5. The summed E-state index contributed by atoms with van der Waals surface area (Å²) in [6, 6.07) is 0.856. The summed E-state index contributed by atoms with van der Waals surface area (Å²) in [4.78, 5) is 4.28. The Hall–Kier alpha value is 0.367. The zero-order chi connectivity index (χ0) is 22.5. The Morgan fingerprint density at radius 3 is 1.47 bits per heavy atom. The van der Waals surface area contributed by atoms with Crippen LogP contribution in [-0.4, -0.2) is 85.5 Å². The number of likely N-dealkylation sites (N-methyl/N-ethyl adjacent to an activating group) is 2. The predicted octanol–water partition coefficient (Wildman–Crippen LogP) is 5.34. The average Bonchev–Trinajstić information content (AvgIpc) is 2.69. The monoisotopic (exact) mass is 464 g/mol. The van der Waals surface area contributed by atoms with Crippen LogP contribution in [0.5, 0.6) is 0 Å². The van der Waals surface area contributed by atoms with Crippen molar-refractivity contribution in [1.82, 2.24) is 9.80 Å². The fraction of sp³-hybridized carbons (Fsp3) is 1.00. The van der Waals surface area contributed by atoms with Gasteiger partial charge in [-0.1, -0.05) is 64.7 Å². The van der Waals surface area contributed by atoms with E-state index in [1.807, 2.05) is 0 Å². The molecule has 0 bridgehead atoms. The molecule has 5 nitrogen and oxygen atoms in total. The molecule has 0 aromatic heterocycles. The van der Waals surface area contributed by atoms with Crippen molar-refractivity contribution in [2.45, 2.75) is 83.6 Å². The third kappa shape index (κ3) is 19.1. The van der Waals surface area contributed by atoms with Gasteiger partial charge in [0.05, 0.1) is 13.2 Å². The molecule has 0 aliphatic heterocycles. The van der Waals surface area contributed by atoms with Crippen LogP contribution in [0.4, 0.5) is 0 Å². The molecule has 0 aromatic rings. The largest absolute Gasteiger partial charge is 0.501 e. The first-order valence-corrected chi connectivity index (χ1v) is 14.8. The first-order valence-electron chi connectivity index (χ1n) is 12.3. The van der Waals surface area contributed by atoms with Gasteiger partial charge in [-0.3, -0.25) is 0 Å². The molecule has 0 aliphatic carbocycles. The molecule has 0 unspecified atom stereocenters. The molecule has 0 N–H and O–H groups in total. The Bertz CT molecular complexity index is 349. The van der Waals surface area contributed by atoms with Crippen LogP contribution < -0.4 is 0 Å². The lowest BCUT2D eigenvalue weighted by molar-refractivity contribution is 0.0496. The van der Waals surface area contributed by atoms with Gasteiger partial charge in [0.1, 0.15) is 0 Å². The molecular formula is C23H52N2O3SSi. The highest BCUT2D eigenvalue weighted by Crippen LogP contribution is 2.20. The van der Waals surface area contributed by atoms with E-state index < -0.39 is 8.80 Å². The van der Waals surface area contributed by atoms with Gasteiger partial charge in [0.2, 0.25) is 0 Å². The lowest BCUT2D eigenvalue weighted by atomic mass is 10.1. The van der Waals surface area contributed by atoms with E-state index in [1.165, 1.54) is 57.8 Å². The fourth-order valence-electron chi connectivity index (χ4n) is 3.22. The van der Waals surface area contributed by atoms with Crippen molar-refractivity contribution in [1.29, 1.82) is 0 Å². The van der Waals surface area contributed by atoms with Crippen LogP contribution in [0.1, 0.15) is 77.6 Å². The highest BCUT2D eigenvalue weighted by atomic mass is 32.1. The Kier molecular flexibility index (Phi) is 21.5. The van der Waals surface area contributed by atoms with Crippen molar-refractivity contribution in [2.75, 3.05) is 66.9 Å². The third-order valence-electron chi connectivity index (χ3n) is 5.18. The minimum Gasteiger partial charge on any atom is -0.373 e. The number of unbranched alkanes of at least 4 members (excludes halogenated alkanes) is 9. The van der Waals surface area contributed by atoms with E-state index >= 15 is 0 Å². The normalized spacial score (nSPS) is 12.4. The Balaban J connectivity index is 4.30. The van der Waals surface area contributed by atoms with E-state index in [4.69, 9.17) is 13.3 Å². The molecule has 0 radical (unpaired) electrons. The van der Waals surface area contributed by atoms with E-state index in [1.54, 1.807) is 0 Å².